The van der Waals surface area contributed by atoms with E-state index in [0.29, 0.717) is 40.1 Å². The maximum absolute atomic E-state index is 12.0. The first-order chi connectivity index (χ1) is 13.3. The number of rotatable bonds is 7. The fourth-order valence-electron chi connectivity index (χ4n) is 2.25. The summed E-state index contributed by atoms with van der Waals surface area (Å²) < 4.78 is 5.51. The Morgan fingerprint density at radius 1 is 1.25 bits per heavy atom. The number of benzene rings is 2. The predicted octanol–water partition coefficient (Wildman–Crippen LogP) is 4.88. The molecule has 0 saturated heterocycles. The van der Waals surface area contributed by atoms with Gasteiger partial charge in [-0.25, -0.2) is 0 Å². The van der Waals surface area contributed by atoms with E-state index in [-0.39, 0.29) is 23.1 Å². The molecular weight excluding hydrogens is 425 g/mol. The average molecular weight is 442 g/mol. The molecule has 28 heavy (non-hydrogen) atoms. The number of non-ortho nitro benzene ring substituents is 1. The van der Waals surface area contributed by atoms with Gasteiger partial charge in [0.05, 0.1) is 16.6 Å². The summed E-state index contributed by atoms with van der Waals surface area (Å²) in [7, 11) is 0. The molecule has 2 N–H and O–H groups in total. The van der Waals surface area contributed by atoms with Crippen molar-refractivity contribution in [2.45, 2.75) is 19.8 Å². The molecule has 0 saturated carbocycles. The number of nitro groups is 1. The van der Waals surface area contributed by atoms with E-state index in [2.05, 4.69) is 10.6 Å². The van der Waals surface area contributed by atoms with E-state index in [4.69, 9.17) is 40.2 Å². The van der Waals surface area contributed by atoms with Gasteiger partial charge in [-0.2, -0.15) is 0 Å². The lowest BCUT2D eigenvalue weighted by Gasteiger charge is -2.12. The highest BCUT2D eigenvalue weighted by Crippen LogP contribution is 2.27. The number of thiocarbonyl (C=S) groups is 1. The van der Waals surface area contributed by atoms with Gasteiger partial charge in [-0.15, -0.1) is 0 Å². The zero-order valence-electron chi connectivity index (χ0n) is 14.8. The number of carbonyl (C=O) groups is 1. The zero-order chi connectivity index (χ0) is 20.7. The Hall–Kier alpha value is -2.42. The van der Waals surface area contributed by atoms with Gasteiger partial charge in [0, 0.05) is 29.3 Å². The van der Waals surface area contributed by atoms with Crippen molar-refractivity contribution in [3.63, 3.8) is 0 Å². The second-order valence-electron chi connectivity index (χ2n) is 5.79. The van der Waals surface area contributed by atoms with Crippen LogP contribution in [0, 0.1) is 17.0 Å². The Kier molecular flexibility index (Phi) is 7.98. The summed E-state index contributed by atoms with van der Waals surface area (Å²) >= 11 is 16.9. The van der Waals surface area contributed by atoms with Crippen molar-refractivity contribution in [3.05, 3.63) is 62.1 Å². The number of aryl methyl sites for hydroxylation is 1. The summed E-state index contributed by atoms with van der Waals surface area (Å²) in [4.78, 5) is 22.3. The SMILES string of the molecule is Cc1cc([N+](=O)[O-])ccc1NC(=S)NC(=O)CCCOc1ccc(Cl)cc1Cl. The number of carbonyl (C=O) groups excluding carboxylic acids is 1. The van der Waals surface area contributed by atoms with Crippen molar-refractivity contribution in [3.8, 4) is 5.75 Å². The summed E-state index contributed by atoms with van der Waals surface area (Å²) in [5.41, 5.74) is 1.20. The fraction of sp³-hybridized carbons (Fsp3) is 0.222. The lowest BCUT2D eigenvalue weighted by atomic mass is 10.2. The lowest BCUT2D eigenvalue weighted by Crippen LogP contribution is -2.34. The molecule has 7 nitrogen and oxygen atoms in total. The minimum Gasteiger partial charge on any atom is -0.492 e. The third kappa shape index (κ3) is 6.63. The predicted molar refractivity (Wildman–Crippen MR) is 113 cm³/mol. The van der Waals surface area contributed by atoms with Gasteiger partial charge in [0.2, 0.25) is 5.91 Å². The summed E-state index contributed by atoms with van der Waals surface area (Å²) in [5.74, 6) is 0.222. The average Bonchev–Trinajstić information content (AvgIpc) is 2.61. The third-order valence-electron chi connectivity index (χ3n) is 3.62. The maximum Gasteiger partial charge on any atom is 0.269 e. The molecule has 0 fully saturated rings. The fourth-order valence-corrected chi connectivity index (χ4v) is 2.94. The quantitative estimate of drug-likeness (QED) is 0.275. The zero-order valence-corrected chi connectivity index (χ0v) is 17.2. The number of hydrogen-bond acceptors (Lipinski definition) is 5. The largest absolute Gasteiger partial charge is 0.492 e. The van der Waals surface area contributed by atoms with Crippen LogP contribution in [0.5, 0.6) is 5.75 Å². The smallest absolute Gasteiger partial charge is 0.269 e. The number of nitro benzene ring substituents is 1. The number of nitrogens with one attached hydrogen (secondary N) is 2. The molecule has 1 amide bonds. The molecule has 0 heterocycles. The molecule has 10 heteroatoms. The van der Waals surface area contributed by atoms with Crippen molar-refractivity contribution in [2.24, 2.45) is 0 Å². The Bertz CT molecular complexity index is 908. The van der Waals surface area contributed by atoms with Crippen LogP contribution in [0.1, 0.15) is 18.4 Å². The van der Waals surface area contributed by atoms with E-state index < -0.39 is 4.92 Å². The molecule has 0 aromatic heterocycles. The van der Waals surface area contributed by atoms with Gasteiger partial charge < -0.3 is 15.4 Å². The molecular formula is C18H17Cl2N3O4S. The molecule has 0 radical (unpaired) electrons. The van der Waals surface area contributed by atoms with Crippen LogP contribution in [-0.2, 0) is 4.79 Å². The van der Waals surface area contributed by atoms with Gasteiger partial charge in [0.25, 0.3) is 5.69 Å². The highest BCUT2D eigenvalue weighted by molar-refractivity contribution is 7.80. The summed E-state index contributed by atoms with van der Waals surface area (Å²) in [6.07, 6.45) is 0.663. The van der Waals surface area contributed by atoms with Crippen LogP contribution in [0.25, 0.3) is 0 Å². The first-order valence-corrected chi connectivity index (χ1v) is 9.36. The number of halogens is 2. The monoisotopic (exact) mass is 441 g/mol. The van der Waals surface area contributed by atoms with Gasteiger partial charge >= 0.3 is 0 Å². The Labute approximate surface area is 177 Å². The highest BCUT2D eigenvalue weighted by atomic mass is 35.5. The molecule has 2 aromatic carbocycles. The topological polar surface area (TPSA) is 93.5 Å². The van der Waals surface area contributed by atoms with Crippen LogP contribution >= 0.6 is 35.4 Å². The van der Waals surface area contributed by atoms with Crippen LogP contribution in [-0.4, -0.2) is 22.5 Å². The second-order valence-corrected chi connectivity index (χ2v) is 7.04. The molecule has 0 atom stereocenters. The van der Waals surface area contributed by atoms with Gasteiger partial charge in [-0.1, -0.05) is 23.2 Å². The first kappa shape index (κ1) is 21.9. The van der Waals surface area contributed by atoms with Gasteiger partial charge in [0.1, 0.15) is 5.75 Å². The molecule has 2 aromatic rings. The number of anilines is 1. The van der Waals surface area contributed by atoms with Gasteiger partial charge in [0.15, 0.2) is 5.11 Å². The van der Waals surface area contributed by atoms with Crippen molar-refractivity contribution in [1.29, 1.82) is 0 Å². The lowest BCUT2D eigenvalue weighted by molar-refractivity contribution is -0.384. The van der Waals surface area contributed by atoms with E-state index >= 15 is 0 Å². The number of ether oxygens (including phenoxy) is 1. The van der Waals surface area contributed by atoms with Crippen molar-refractivity contribution in [2.75, 3.05) is 11.9 Å². The first-order valence-electron chi connectivity index (χ1n) is 8.20. The minimum atomic E-state index is -0.476. The van der Waals surface area contributed by atoms with Crippen LogP contribution in [0.3, 0.4) is 0 Å². The third-order valence-corrected chi connectivity index (χ3v) is 4.36. The van der Waals surface area contributed by atoms with E-state index in [1.165, 1.54) is 18.2 Å². The Morgan fingerprint density at radius 3 is 2.64 bits per heavy atom. The molecule has 0 aliphatic carbocycles. The van der Waals surface area contributed by atoms with E-state index in [1.54, 1.807) is 25.1 Å². The van der Waals surface area contributed by atoms with Crippen molar-refractivity contribution < 1.29 is 14.5 Å². The van der Waals surface area contributed by atoms with Crippen LogP contribution in [0.15, 0.2) is 36.4 Å². The van der Waals surface area contributed by atoms with Crippen molar-refractivity contribution >= 4 is 57.8 Å². The molecule has 0 bridgehead atoms. The van der Waals surface area contributed by atoms with Crippen LogP contribution < -0.4 is 15.4 Å². The standard InChI is InChI=1S/C18H17Cl2N3O4S/c1-11-9-13(23(25)26)5-6-15(11)21-18(28)22-17(24)3-2-8-27-16-7-4-12(19)10-14(16)20/h4-7,9-10H,2-3,8H2,1H3,(H2,21,22,24,28). The van der Waals surface area contributed by atoms with E-state index in [0.717, 1.165) is 0 Å². The van der Waals surface area contributed by atoms with E-state index in [1.807, 2.05) is 0 Å². The number of amides is 1. The van der Waals surface area contributed by atoms with E-state index in [9.17, 15) is 14.9 Å². The van der Waals surface area contributed by atoms with Gasteiger partial charge in [-0.05, 0) is 55.4 Å². The summed E-state index contributed by atoms with van der Waals surface area (Å²) in [6.45, 7) is 2.01. The number of nitrogens with zero attached hydrogens (tertiary/aromatic N) is 1. The highest BCUT2D eigenvalue weighted by Gasteiger charge is 2.10. The van der Waals surface area contributed by atoms with Crippen LogP contribution in [0.4, 0.5) is 11.4 Å². The molecule has 0 aliphatic heterocycles. The summed E-state index contributed by atoms with van der Waals surface area (Å²) in [5, 5.41) is 17.2. The molecule has 0 aliphatic rings. The van der Waals surface area contributed by atoms with Gasteiger partial charge in [-0.3, -0.25) is 14.9 Å². The minimum absolute atomic E-state index is 0.0150. The Morgan fingerprint density at radius 2 is 2.00 bits per heavy atom. The van der Waals surface area contributed by atoms with Crippen molar-refractivity contribution in [1.82, 2.24) is 5.32 Å². The molecule has 2 rings (SSSR count). The molecule has 0 spiro atoms. The molecule has 0 unspecified atom stereocenters. The Balaban J connectivity index is 1.75. The normalized spacial score (nSPS) is 10.2. The summed E-state index contributed by atoms with van der Waals surface area (Å²) in [6, 6.07) is 9.23. The van der Waals surface area contributed by atoms with Crippen LogP contribution in [0.2, 0.25) is 10.0 Å². The number of hydrogen-bond donors (Lipinski definition) is 2. The molecule has 148 valence electrons. The second kappa shape index (κ2) is 10.2. The maximum atomic E-state index is 12.0.